The fourth-order valence-corrected chi connectivity index (χ4v) is 5.08. The molecule has 2 aliphatic rings. The molecular weight excluding hydrogens is 432 g/mol. The van der Waals surface area contributed by atoms with Crippen LogP contribution < -0.4 is 10.5 Å². The number of nitrogens with zero attached hydrogens (tertiary/aromatic N) is 4. The van der Waals surface area contributed by atoms with Gasteiger partial charge in [-0.1, -0.05) is 49.8 Å². The largest absolute Gasteiger partial charge is 0.378 e. The second-order valence-electron chi connectivity index (χ2n) is 7.68. The Bertz CT molecular complexity index is 1110. The Morgan fingerprint density at radius 2 is 2.03 bits per heavy atom. The van der Waals surface area contributed by atoms with Crippen LogP contribution in [0.1, 0.15) is 37.3 Å². The number of carbonyl (C=O) groups excluding carboxylic acids is 1. The molecule has 9 heteroatoms. The van der Waals surface area contributed by atoms with Crippen LogP contribution in [-0.4, -0.2) is 57.4 Å². The van der Waals surface area contributed by atoms with Gasteiger partial charge in [0.05, 0.1) is 23.7 Å². The number of aromatic nitrogens is 2. The summed E-state index contributed by atoms with van der Waals surface area (Å²) in [4.78, 5) is 35.5. The maximum absolute atomic E-state index is 13.5. The number of hydrogen-bond donors (Lipinski definition) is 0. The van der Waals surface area contributed by atoms with Gasteiger partial charge >= 0.3 is 0 Å². The first-order valence-electron chi connectivity index (χ1n) is 10.6. The van der Waals surface area contributed by atoms with Crippen LogP contribution in [0.5, 0.6) is 0 Å². The highest BCUT2D eigenvalue weighted by molar-refractivity contribution is 8.26. The van der Waals surface area contributed by atoms with Gasteiger partial charge in [0.2, 0.25) is 0 Å². The summed E-state index contributed by atoms with van der Waals surface area (Å²) >= 11 is 6.70. The van der Waals surface area contributed by atoms with Gasteiger partial charge in [0.1, 0.15) is 15.8 Å². The van der Waals surface area contributed by atoms with Crippen molar-refractivity contribution in [3.05, 3.63) is 44.7 Å². The molecule has 2 fully saturated rings. The summed E-state index contributed by atoms with van der Waals surface area (Å²) < 4.78 is 7.57. The number of unbranched alkanes of at least 4 members (excludes halogenated alkanes) is 2. The van der Waals surface area contributed by atoms with Gasteiger partial charge in [0.15, 0.2) is 0 Å². The number of thiocarbonyl (C=S) groups is 1. The van der Waals surface area contributed by atoms with Crippen molar-refractivity contribution in [3.63, 3.8) is 0 Å². The number of fused-ring (bicyclic) bond motifs is 1. The number of hydrogen-bond acceptors (Lipinski definition) is 7. The van der Waals surface area contributed by atoms with E-state index in [1.807, 2.05) is 19.1 Å². The molecular formula is C22H26N4O3S2. The molecule has 164 valence electrons. The van der Waals surface area contributed by atoms with E-state index in [-0.39, 0.29) is 11.5 Å². The lowest BCUT2D eigenvalue weighted by Gasteiger charge is -2.29. The number of carbonyl (C=O) groups is 1. The minimum atomic E-state index is -0.188. The summed E-state index contributed by atoms with van der Waals surface area (Å²) in [7, 11) is 0. The van der Waals surface area contributed by atoms with Crippen molar-refractivity contribution in [3.8, 4) is 0 Å². The van der Waals surface area contributed by atoms with Gasteiger partial charge in [-0.2, -0.15) is 0 Å². The Hall–Kier alpha value is -2.23. The van der Waals surface area contributed by atoms with E-state index in [0.29, 0.717) is 59.1 Å². The average Bonchev–Trinajstić information content (AvgIpc) is 3.04. The summed E-state index contributed by atoms with van der Waals surface area (Å²) in [5, 5.41) is 0. The number of aryl methyl sites for hydroxylation is 1. The Labute approximate surface area is 191 Å². The van der Waals surface area contributed by atoms with E-state index < -0.39 is 0 Å². The van der Waals surface area contributed by atoms with E-state index in [4.69, 9.17) is 21.9 Å². The van der Waals surface area contributed by atoms with E-state index in [2.05, 4.69) is 11.8 Å². The first kappa shape index (κ1) is 22.0. The fraction of sp³-hybridized carbons (Fsp3) is 0.455. The quantitative estimate of drug-likeness (QED) is 0.374. The molecule has 0 spiro atoms. The predicted molar refractivity (Wildman–Crippen MR) is 129 cm³/mol. The highest BCUT2D eigenvalue weighted by atomic mass is 32.2. The van der Waals surface area contributed by atoms with E-state index in [0.717, 1.165) is 24.8 Å². The van der Waals surface area contributed by atoms with E-state index in [1.165, 1.54) is 11.8 Å². The second-order valence-corrected chi connectivity index (χ2v) is 9.35. The predicted octanol–water partition coefficient (Wildman–Crippen LogP) is 3.23. The third-order valence-electron chi connectivity index (χ3n) is 5.51. The van der Waals surface area contributed by atoms with Gasteiger partial charge in [-0.3, -0.25) is 18.9 Å². The van der Waals surface area contributed by atoms with Crippen LogP contribution in [0.15, 0.2) is 28.0 Å². The second kappa shape index (κ2) is 9.50. The lowest BCUT2D eigenvalue weighted by atomic mass is 10.2. The van der Waals surface area contributed by atoms with Gasteiger partial charge in [0.25, 0.3) is 11.5 Å². The van der Waals surface area contributed by atoms with E-state index in [1.54, 1.807) is 21.6 Å². The summed E-state index contributed by atoms with van der Waals surface area (Å²) in [6, 6.07) is 3.77. The molecule has 0 radical (unpaired) electrons. The molecule has 7 nitrogen and oxygen atoms in total. The molecule has 0 unspecified atom stereocenters. The maximum atomic E-state index is 13.5. The molecule has 0 bridgehead atoms. The normalized spacial score (nSPS) is 18.6. The van der Waals surface area contributed by atoms with E-state index in [9.17, 15) is 9.59 Å². The molecule has 4 rings (SSSR count). The number of thioether (sulfide) groups is 1. The van der Waals surface area contributed by atoms with Crippen LogP contribution in [0.25, 0.3) is 11.7 Å². The van der Waals surface area contributed by atoms with Crippen molar-refractivity contribution >= 4 is 51.7 Å². The number of amides is 1. The fourth-order valence-electron chi connectivity index (χ4n) is 3.79. The zero-order valence-corrected chi connectivity index (χ0v) is 19.4. The highest BCUT2D eigenvalue weighted by Crippen LogP contribution is 2.34. The molecule has 0 saturated carbocycles. The lowest BCUT2D eigenvalue weighted by molar-refractivity contribution is -0.122. The molecule has 0 aliphatic carbocycles. The lowest BCUT2D eigenvalue weighted by Crippen LogP contribution is -2.38. The Morgan fingerprint density at radius 3 is 2.77 bits per heavy atom. The Kier molecular flexibility index (Phi) is 6.74. The molecule has 2 aromatic heterocycles. The maximum Gasteiger partial charge on any atom is 0.267 e. The minimum absolute atomic E-state index is 0.132. The minimum Gasteiger partial charge on any atom is -0.378 e. The molecule has 0 atom stereocenters. The van der Waals surface area contributed by atoms with Crippen molar-refractivity contribution in [1.29, 1.82) is 0 Å². The summed E-state index contributed by atoms with van der Waals surface area (Å²) in [6.45, 7) is 7.12. The van der Waals surface area contributed by atoms with Crippen molar-refractivity contribution in [2.45, 2.75) is 33.1 Å². The van der Waals surface area contributed by atoms with Gasteiger partial charge in [0, 0.05) is 25.8 Å². The molecule has 4 heterocycles. The van der Waals surface area contributed by atoms with Crippen molar-refractivity contribution in [1.82, 2.24) is 14.3 Å². The van der Waals surface area contributed by atoms with Gasteiger partial charge in [-0.05, 0) is 31.1 Å². The van der Waals surface area contributed by atoms with Gasteiger partial charge in [-0.15, -0.1) is 0 Å². The zero-order chi connectivity index (χ0) is 22.0. The monoisotopic (exact) mass is 458 g/mol. The third kappa shape index (κ3) is 4.40. The molecule has 0 aromatic carbocycles. The Balaban J connectivity index is 1.79. The van der Waals surface area contributed by atoms with Crippen LogP contribution in [0.4, 0.5) is 5.82 Å². The molecule has 2 aliphatic heterocycles. The Morgan fingerprint density at radius 1 is 1.26 bits per heavy atom. The van der Waals surface area contributed by atoms with Crippen LogP contribution in [0.2, 0.25) is 0 Å². The van der Waals surface area contributed by atoms with Crippen molar-refractivity contribution < 1.29 is 9.53 Å². The van der Waals surface area contributed by atoms with Crippen molar-refractivity contribution in [2.75, 3.05) is 37.7 Å². The summed E-state index contributed by atoms with van der Waals surface area (Å²) in [5.74, 6) is 0.464. The average molecular weight is 459 g/mol. The number of morpholine rings is 1. The highest BCUT2D eigenvalue weighted by Gasteiger charge is 2.32. The molecule has 2 aromatic rings. The van der Waals surface area contributed by atoms with Crippen LogP contribution >= 0.6 is 24.0 Å². The van der Waals surface area contributed by atoms with Gasteiger partial charge in [-0.25, -0.2) is 4.98 Å². The zero-order valence-electron chi connectivity index (χ0n) is 17.8. The van der Waals surface area contributed by atoms with Gasteiger partial charge < -0.3 is 9.64 Å². The summed E-state index contributed by atoms with van der Waals surface area (Å²) in [6.07, 6.45) is 6.43. The number of rotatable bonds is 6. The van der Waals surface area contributed by atoms with Crippen LogP contribution in [0, 0.1) is 6.92 Å². The van der Waals surface area contributed by atoms with E-state index >= 15 is 0 Å². The third-order valence-corrected chi connectivity index (χ3v) is 6.89. The SMILES string of the molecule is CCCCCN1C(=O)C(=Cc2c(N3CCOCC3)nc3c(C)cccn3c2=O)SC1=S. The summed E-state index contributed by atoms with van der Waals surface area (Å²) in [5.41, 5.74) is 1.77. The first-order chi connectivity index (χ1) is 15.0. The molecule has 31 heavy (non-hydrogen) atoms. The smallest absolute Gasteiger partial charge is 0.267 e. The molecule has 1 amide bonds. The molecule has 0 N–H and O–H groups in total. The standard InChI is InChI=1S/C22H26N4O3S2/c1-3-4-5-8-26-21(28)17(31-22(26)30)14-16-19(24-10-12-29-13-11-24)23-18-15(2)7-6-9-25(18)20(16)27/h6-7,9,14H,3-5,8,10-13H2,1-2H3. The number of pyridine rings is 1. The van der Waals surface area contributed by atoms with Crippen LogP contribution in [0.3, 0.4) is 0 Å². The van der Waals surface area contributed by atoms with Crippen LogP contribution in [-0.2, 0) is 9.53 Å². The molecule has 2 saturated heterocycles. The number of anilines is 1. The number of ether oxygens (including phenoxy) is 1. The topological polar surface area (TPSA) is 67.2 Å². The first-order valence-corrected chi connectivity index (χ1v) is 11.8. The van der Waals surface area contributed by atoms with Crippen molar-refractivity contribution in [2.24, 2.45) is 0 Å².